The van der Waals surface area contributed by atoms with Crippen LogP contribution in [0.5, 0.6) is 0 Å². The minimum atomic E-state index is 0.539. The molecule has 0 saturated carbocycles. The van der Waals surface area contributed by atoms with Gasteiger partial charge in [-0.2, -0.15) is 10.5 Å². The Balaban J connectivity index is 2.40. The quantitative estimate of drug-likeness (QED) is 0.938. The molecule has 0 saturated heterocycles. The van der Waals surface area contributed by atoms with Crippen molar-refractivity contribution in [1.82, 2.24) is 0 Å². The Labute approximate surface area is 137 Å². The zero-order valence-corrected chi connectivity index (χ0v) is 13.8. The zero-order valence-electron chi connectivity index (χ0n) is 13.8. The van der Waals surface area contributed by atoms with Crippen LogP contribution in [-0.2, 0) is 0 Å². The Bertz CT molecular complexity index is 727. The monoisotopic (exact) mass is 305 g/mol. The average Bonchev–Trinajstić information content (AvgIpc) is 2.55. The van der Waals surface area contributed by atoms with Crippen LogP contribution in [0, 0.1) is 22.7 Å². The normalized spacial score (nSPS) is 9.65. The summed E-state index contributed by atoms with van der Waals surface area (Å²) in [5.74, 6) is 0. The van der Waals surface area contributed by atoms with Gasteiger partial charge in [0.2, 0.25) is 0 Å². The van der Waals surface area contributed by atoms with Crippen molar-refractivity contribution in [3.05, 3.63) is 47.5 Å². The summed E-state index contributed by atoms with van der Waals surface area (Å²) in [4.78, 5) is 3.88. The summed E-state index contributed by atoms with van der Waals surface area (Å²) in [6.45, 7) is 0. The highest BCUT2D eigenvalue weighted by molar-refractivity contribution is 5.75. The van der Waals surface area contributed by atoms with Gasteiger partial charge in [0, 0.05) is 39.6 Å². The van der Waals surface area contributed by atoms with Crippen LogP contribution in [0.4, 0.5) is 22.7 Å². The lowest BCUT2D eigenvalue weighted by atomic mass is 10.1. The van der Waals surface area contributed by atoms with E-state index in [1.165, 1.54) is 0 Å². The number of rotatable bonds is 4. The molecule has 0 bridgehead atoms. The van der Waals surface area contributed by atoms with E-state index in [0.29, 0.717) is 22.5 Å². The maximum Gasteiger partial charge on any atom is 0.101 e. The molecule has 116 valence electrons. The molecule has 2 aromatic carbocycles. The van der Waals surface area contributed by atoms with Gasteiger partial charge in [0.05, 0.1) is 22.5 Å². The van der Waals surface area contributed by atoms with Crippen molar-refractivity contribution < 1.29 is 0 Å². The number of anilines is 4. The van der Waals surface area contributed by atoms with Crippen LogP contribution in [-0.4, -0.2) is 28.2 Å². The summed E-state index contributed by atoms with van der Waals surface area (Å²) in [7, 11) is 7.71. The predicted octanol–water partition coefficient (Wildman–Crippen LogP) is 3.31. The van der Waals surface area contributed by atoms with Crippen molar-refractivity contribution in [2.75, 3.05) is 43.3 Å². The van der Waals surface area contributed by atoms with E-state index in [0.717, 1.165) is 11.4 Å². The van der Waals surface area contributed by atoms with Crippen LogP contribution >= 0.6 is 0 Å². The first-order valence-electron chi connectivity index (χ1n) is 7.16. The van der Waals surface area contributed by atoms with Crippen molar-refractivity contribution in [1.29, 1.82) is 10.5 Å². The first-order valence-corrected chi connectivity index (χ1v) is 7.16. The highest BCUT2D eigenvalue weighted by atomic mass is 15.1. The molecule has 0 unspecified atom stereocenters. The third kappa shape index (κ3) is 3.53. The topological polar surface area (TPSA) is 66.1 Å². The lowest BCUT2D eigenvalue weighted by Gasteiger charge is -2.17. The molecule has 0 aliphatic heterocycles. The van der Waals surface area contributed by atoms with Crippen molar-refractivity contribution in [3.63, 3.8) is 0 Å². The van der Waals surface area contributed by atoms with E-state index < -0.39 is 0 Å². The molecule has 0 amide bonds. The number of hydrogen-bond acceptors (Lipinski definition) is 5. The number of nitrogens with one attached hydrogen (secondary N) is 1. The molecule has 0 aromatic heterocycles. The average molecular weight is 305 g/mol. The molecule has 2 aromatic rings. The SMILES string of the molecule is CN(C)c1ccc(Nc2ccc(N(C)C)cc2C#N)c(C#N)c1. The molecule has 1 N–H and O–H groups in total. The second-order valence-electron chi connectivity index (χ2n) is 5.60. The fourth-order valence-corrected chi connectivity index (χ4v) is 2.17. The molecule has 0 spiro atoms. The molecule has 0 heterocycles. The Morgan fingerprint density at radius 3 is 1.43 bits per heavy atom. The maximum atomic E-state index is 9.37. The highest BCUT2D eigenvalue weighted by Gasteiger charge is 2.09. The third-order valence-electron chi connectivity index (χ3n) is 3.55. The van der Waals surface area contributed by atoms with Crippen molar-refractivity contribution >= 4 is 22.7 Å². The standard InChI is InChI=1S/C18H19N5/c1-22(2)15-5-7-17(13(9-15)11-19)21-18-8-6-16(23(3)4)10-14(18)12-20/h5-10,21H,1-4H3. The minimum Gasteiger partial charge on any atom is -0.378 e. The lowest BCUT2D eigenvalue weighted by Crippen LogP contribution is -2.10. The van der Waals surface area contributed by atoms with Gasteiger partial charge < -0.3 is 15.1 Å². The first-order chi connectivity index (χ1) is 11.0. The molecular formula is C18H19N5. The van der Waals surface area contributed by atoms with Crippen LogP contribution in [0.15, 0.2) is 36.4 Å². The van der Waals surface area contributed by atoms with E-state index in [2.05, 4.69) is 17.5 Å². The fourth-order valence-electron chi connectivity index (χ4n) is 2.17. The van der Waals surface area contributed by atoms with Gasteiger partial charge in [-0.05, 0) is 36.4 Å². The van der Waals surface area contributed by atoms with Gasteiger partial charge in [0.1, 0.15) is 12.1 Å². The molecule has 0 fully saturated rings. The summed E-state index contributed by atoms with van der Waals surface area (Å²) < 4.78 is 0. The predicted molar refractivity (Wildman–Crippen MR) is 94.3 cm³/mol. The van der Waals surface area contributed by atoms with Gasteiger partial charge in [-0.25, -0.2) is 0 Å². The molecule has 5 heteroatoms. The maximum absolute atomic E-state index is 9.37. The Kier molecular flexibility index (Phi) is 4.73. The van der Waals surface area contributed by atoms with Crippen LogP contribution in [0.3, 0.4) is 0 Å². The second-order valence-corrected chi connectivity index (χ2v) is 5.60. The van der Waals surface area contributed by atoms with Gasteiger partial charge in [0.15, 0.2) is 0 Å². The van der Waals surface area contributed by atoms with E-state index in [9.17, 15) is 10.5 Å². The molecule has 0 atom stereocenters. The van der Waals surface area contributed by atoms with Gasteiger partial charge >= 0.3 is 0 Å². The van der Waals surface area contributed by atoms with Gasteiger partial charge in [-0.15, -0.1) is 0 Å². The van der Waals surface area contributed by atoms with Crippen LogP contribution < -0.4 is 15.1 Å². The molecule has 0 radical (unpaired) electrons. The van der Waals surface area contributed by atoms with Gasteiger partial charge in [-0.1, -0.05) is 0 Å². The van der Waals surface area contributed by atoms with Gasteiger partial charge in [0.25, 0.3) is 0 Å². The third-order valence-corrected chi connectivity index (χ3v) is 3.55. The second kappa shape index (κ2) is 6.72. The minimum absolute atomic E-state index is 0.539. The number of hydrogen-bond donors (Lipinski definition) is 1. The smallest absolute Gasteiger partial charge is 0.101 e. The van der Waals surface area contributed by atoms with Crippen LogP contribution in [0.1, 0.15) is 11.1 Å². The molecule has 0 aliphatic rings. The van der Waals surface area contributed by atoms with Crippen LogP contribution in [0.2, 0.25) is 0 Å². The Hall–Kier alpha value is -3.18. The van der Waals surface area contributed by atoms with E-state index in [-0.39, 0.29) is 0 Å². The van der Waals surface area contributed by atoms with Crippen molar-refractivity contribution in [2.45, 2.75) is 0 Å². The zero-order chi connectivity index (χ0) is 17.0. The van der Waals surface area contributed by atoms with E-state index in [1.54, 1.807) is 0 Å². The first kappa shape index (κ1) is 16.2. The molecule has 23 heavy (non-hydrogen) atoms. The highest BCUT2D eigenvalue weighted by Crippen LogP contribution is 2.28. The van der Waals surface area contributed by atoms with Crippen LogP contribution in [0.25, 0.3) is 0 Å². The largest absolute Gasteiger partial charge is 0.378 e. The molecule has 2 rings (SSSR count). The van der Waals surface area contributed by atoms with Gasteiger partial charge in [-0.3, -0.25) is 0 Å². The van der Waals surface area contributed by atoms with Crippen molar-refractivity contribution in [3.8, 4) is 12.1 Å². The lowest BCUT2D eigenvalue weighted by molar-refractivity contribution is 1.13. The summed E-state index contributed by atoms with van der Waals surface area (Å²) >= 11 is 0. The van der Waals surface area contributed by atoms with E-state index in [1.807, 2.05) is 74.4 Å². The van der Waals surface area contributed by atoms with E-state index >= 15 is 0 Å². The number of nitrogens with zero attached hydrogens (tertiary/aromatic N) is 4. The Morgan fingerprint density at radius 2 is 1.13 bits per heavy atom. The van der Waals surface area contributed by atoms with Crippen molar-refractivity contribution in [2.24, 2.45) is 0 Å². The molecule has 5 nitrogen and oxygen atoms in total. The summed E-state index contributed by atoms with van der Waals surface area (Å²) in [6.07, 6.45) is 0. The summed E-state index contributed by atoms with van der Waals surface area (Å²) in [5.41, 5.74) is 4.36. The summed E-state index contributed by atoms with van der Waals surface area (Å²) in [5, 5.41) is 21.9. The molecular weight excluding hydrogens is 286 g/mol. The Morgan fingerprint density at radius 1 is 0.739 bits per heavy atom. The molecule has 0 aliphatic carbocycles. The summed E-state index contributed by atoms with van der Waals surface area (Å²) in [6, 6.07) is 15.6. The number of benzene rings is 2. The van der Waals surface area contributed by atoms with E-state index in [4.69, 9.17) is 0 Å². The fraction of sp³-hybridized carbons (Fsp3) is 0.222. The number of nitriles is 2.